The van der Waals surface area contributed by atoms with Gasteiger partial charge in [0.2, 0.25) is 10.0 Å². The molecule has 9 heteroatoms. The molecular weight excluding hydrogens is 310 g/mol. The molecule has 1 aromatic rings. The minimum absolute atomic E-state index is 0.106. The lowest BCUT2D eigenvalue weighted by molar-refractivity contribution is -0.140. The van der Waals surface area contributed by atoms with E-state index in [-0.39, 0.29) is 16.5 Å². The van der Waals surface area contributed by atoms with Crippen LogP contribution in [0.25, 0.3) is 0 Å². The van der Waals surface area contributed by atoms with Gasteiger partial charge in [-0.25, -0.2) is 8.42 Å². The number of aliphatic carboxylic acids is 1. The molecule has 1 atom stereocenters. The van der Waals surface area contributed by atoms with Gasteiger partial charge in [0.1, 0.15) is 11.8 Å². The van der Waals surface area contributed by atoms with Gasteiger partial charge in [0.25, 0.3) is 0 Å². The number of sulfonamides is 1. The average Bonchev–Trinajstić information content (AvgIpc) is 2.37. The summed E-state index contributed by atoms with van der Waals surface area (Å²) < 4.78 is 35.7. The smallest absolute Gasteiger partial charge is 0.324 e. The second-order valence-electron chi connectivity index (χ2n) is 3.76. The number of hydrogen-bond acceptors (Lipinski definition) is 5. The minimum atomic E-state index is -4.03. The zero-order chi connectivity index (χ0) is 15.3. The lowest BCUT2D eigenvalue weighted by Gasteiger charge is -2.14. The van der Waals surface area contributed by atoms with E-state index in [1.807, 2.05) is 4.72 Å². The number of carboxylic acids is 1. The van der Waals surface area contributed by atoms with Crippen molar-refractivity contribution in [1.82, 2.24) is 4.72 Å². The molecule has 1 aromatic carbocycles. The van der Waals surface area contributed by atoms with Crippen LogP contribution in [0.2, 0.25) is 5.02 Å². The Kier molecular flexibility index (Phi) is 5.75. The van der Waals surface area contributed by atoms with Crippen molar-refractivity contribution < 1.29 is 27.8 Å². The van der Waals surface area contributed by atoms with Crippen molar-refractivity contribution >= 4 is 27.6 Å². The monoisotopic (exact) mass is 323 g/mol. The molecule has 7 nitrogen and oxygen atoms in total. The van der Waals surface area contributed by atoms with Crippen LogP contribution in [-0.2, 0) is 19.6 Å². The maximum atomic E-state index is 12.0. The number of ether oxygens (including phenoxy) is 2. The van der Waals surface area contributed by atoms with E-state index in [2.05, 4.69) is 4.74 Å². The van der Waals surface area contributed by atoms with Crippen LogP contribution in [-0.4, -0.2) is 46.4 Å². The molecule has 0 fully saturated rings. The first kappa shape index (κ1) is 16.7. The highest BCUT2D eigenvalue weighted by molar-refractivity contribution is 7.89. The summed E-state index contributed by atoms with van der Waals surface area (Å²) in [6.07, 6.45) is 0. The molecule has 0 heterocycles. The van der Waals surface area contributed by atoms with Gasteiger partial charge in [0.15, 0.2) is 0 Å². The van der Waals surface area contributed by atoms with Crippen molar-refractivity contribution in [3.63, 3.8) is 0 Å². The Morgan fingerprint density at radius 2 is 2.10 bits per heavy atom. The van der Waals surface area contributed by atoms with Crippen molar-refractivity contribution in [2.24, 2.45) is 0 Å². The average molecular weight is 324 g/mol. The van der Waals surface area contributed by atoms with E-state index in [1.165, 1.54) is 32.4 Å². The van der Waals surface area contributed by atoms with Crippen LogP contribution in [0.3, 0.4) is 0 Å². The van der Waals surface area contributed by atoms with Crippen molar-refractivity contribution in [2.45, 2.75) is 10.9 Å². The van der Waals surface area contributed by atoms with Gasteiger partial charge < -0.3 is 14.6 Å². The summed E-state index contributed by atoms with van der Waals surface area (Å²) in [5, 5.41) is 9.00. The summed E-state index contributed by atoms with van der Waals surface area (Å²) >= 11 is 5.84. The van der Waals surface area contributed by atoms with Crippen LogP contribution < -0.4 is 9.46 Å². The molecular formula is C11H14ClNO6S. The number of carboxylic acid groups (broad SMARTS) is 1. The van der Waals surface area contributed by atoms with Gasteiger partial charge in [-0.3, -0.25) is 4.79 Å². The second-order valence-corrected chi connectivity index (χ2v) is 5.88. The lowest BCUT2D eigenvalue weighted by Crippen LogP contribution is -2.43. The van der Waals surface area contributed by atoms with E-state index in [4.69, 9.17) is 21.4 Å². The third-order valence-electron chi connectivity index (χ3n) is 2.36. The van der Waals surface area contributed by atoms with E-state index in [0.29, 0.717) is 5.75 Å². The summed E-state index contributed by atoms with van der Waals surface area (Å²) in [5.74, 6) is -1.02. The first-order valence-electron chi connectivity index (χ1n) is 5.39. The highest BCUT2D eigenvalue weighted by Crippen LogP contribution is 2.26. The molecule has 112 valence electrons. The van der Waals surface area contributed by atoms with Gasteiger partial charge in [-0.05, 0) is 18.2 Å². The molecule has 1 unspecified atom stereocenters. The fraction of sp³-hybridized carbons (Fsp3) is 0.364. The van der Waals surface area contributed by atoms with Crippen molar-refractivity contribution in [1.29, 1.82) is 0 Å². The highest BCUT2D eigenvalue weighted by Gasteiger charge is 2.25. The van der Waals surface area contributed by atoms with E-state index in [1.54, 1.807) is 0 Å². The maximum Gasteiger partial charge on any atom is 0.324 e. The van der Waals surface area contributed by atoms with Gasteiger partial charge in [-0.15, -0.1) is 0 Å². The van der Waals surface area contributed by atoms with Crippen LogP contribution in [0.1, 0.15) is 0 Å². The van der Waals surface area contributed by atoms with Gasteiger partial charge in [-0.1, -0.05) is 11.6 Å². The topological polar surface area (TPSA) is 102 Å². The van der Waals surface area contributed by atoms with Gasteiger partial charge in [0, 0.05) is 7.11 Å². The van der Waals surface area contributed by atoms with Crippen LogP contribution in [0.15, 0.2) is 23.1 Å². The molecule has 0 radical (unpaired) electrons. The molecule has 0 saturated heterocycles. The molecule has 0 saturated carbocycles. The molecule has 20 heavy (non-hydrogen) atoms. The molecule has 0 aromatic heterocycles. The quantitative estimate of drug-likeness (QED) is 0.767. The van der Waals surface area contributed by atoms with E-state index >= 15 is 0 Å². The van der Waals surface area contributed by atoms with Crippen LogP contribution in [0, 0.1) is 0 Å². The van der Waals surface area contributed by atoms with Crippen molar-refractivity contribution in [2.75, 3.05) is 20.8 Å². The molecule has 0 amide bonds. The maximum absolute atomic E-state index is 12.0. The summed E-state index contributed by atoms with van der Waals surface area (Å²) in [7, 11) is -1.36. The number of rotatable bonds is 7. The highest BCUT2D eigenvalue weighted by atomic mass is 35.5. The van der Waals surface area contributed by atoms with E-state index in [0.717, 1.165) is 0 Å². The third-order valence-corrected chi connectivity index (χ3v) is 4.13. The Balaban J connectivity index is 3.04. The fourth-order valence-electron chi connectivity index (χ4n) is 1.39. The second kappa shape index (κ2) is 6.89. The first-order chi connectivity index (χ1) is 9.31. The predicted octanol–water partition coefficient (Wildman–Crippen LogP) is 0.727. The predicted molar refractivity (Wildman–Crippen MR) is 71.6 cm³/mol. The zero-order valence-corrected chi connectivity index (χ0v) is 12.4. The molecule has 0 aliphatic rings. The SMILES string of the molecule is COCC(NS(=O)(=O)c1ccc(OC)c(Cl)c1)C(=O)O. The fourth-order valence-corrected chi connectivity index (χ4v) is 2.91. The minimum Gasteiger partial charge on any atom is -0.495 e. The normalized spacial score (nSPS) is 12.9. The van der Waals surface area contributed by atoms with Crippen LogP contribution in [0.5, 0.6) is 5.75 Å². The molecule has 0 bridgehead atoms. The van der Waals surface area contributed by atoms with Crippen LogP contribution in [0.4, 0.5) is 0 Å². The van der Waals surface area contributed by atoms with Crippen LogP contribution >= 0.6 is 11.6 Å². The summed E-state index contributed by atoms with van der Waals surface area (Å²) in [5.41, 5.74) is 0. The summed E-state index contributed by atoms with van der Waals surface area (Å²) in [6.45, 7) is -0.293. The number of halogens is 1. The Hall–Kier alpha value is -1.35. The molecule has 0 aliphatic heterocycles. The standard InChI is InChI=1S/C11H14ClNO6S/c1-18-6-9(11(14)15)13-20(16,17)7-3-4-10(19-2)8(12)5-7/h3-5,9,13H,6H2,1-2H3,(H,14,15). The van der Waals surface area contributed by atoms with Crippen molar-refractivity contribution in [3.8, 4) is 5.75 Å². The van der Waals surface area contributed by atoms with E-state index < -0.39 is 22.0 Å². The number of hydrogen-bond donors (Lipinski definition) is 2. The Bertz CT molecular complexity index is 589. The number of benzene rings is 1. The number of methoxy groups -OCH3 is 2. The Labute approximate surface area is 121 Å². The molecule has 2 N–H and O–H groups in total. The Morgan fingerprint density at radius 3 is 2.55 bits per heavy atom. The van der Waals surface area contributed by atoms with Gasteiger partial charge >= 0.3 is 5.97 Å². The first-order valence-corrected chi connectivity index (χ1v) is 7.25. The van der Waals surface area contributed by atoms with Crippen molar-refractivity contribution in [3.05, 3.63) is 23.2 Å². The van der Waals surface area contributed by atoms with E-state index in [9.17, 15) is 13.2 Å². The summed E-state index contributed by atoms with van der Waals surface area (Å²) in [4.78, 5) is 10.8. The number of carbonyl (C=O) groups is 1. The summed E-state index contributed by atoms with van der Waals surface area (Å²) in [6, 6.07) is 2.43. The molecule has 1 rings (SSSR count). The lowest BCUT2D eigenvalue weighted by atomic mass is 10.3. The molecule has 0 aliphatic carbocycles. The number of nitrogens with one attached hydrogen (secondary N) is 1. The largest absolute Gasteiger partial charge is 0.495 e. The third kappa shape index (κ3) is 4.07. The molecule has 0 spiro atoms. The zero-order valence-electron chi connectivity index (χ0n) is 10.8. The van der Waals surface area contributed by atoms with Gasteiger partial charge in [-0.2, -0.15) is 4.72 Å². The van der Waals surface area contributed by atoms with Gasteiger partial charge in [0.05, 0.1) is 23.6 Å². The Morgan fingerprint density at radius 1 is 1.45 bits per heavy atom.